The fourth-order valence-electron chi connectivity index (χ4n) is 3.75. The number of halogens is 1. The van der Waals surface area contributed by atoms with Crippen molar-refractivity contribution in [2.45, 2.75) is 32.9 Å². The molecule has 0 spiro atoms. The van der Waals surface area contributed by atoms with Crippen LogP contribution in [0.1, 0.15) is 37.9 Å². The predicted molar refractivity (Wildman–Crippen MR) is 132 cm³/mol. The van der Waals surface area contributed by atoms with Gasteiger partial charge in [0, 0.05) is 0 Å². The summed E-state index contributed by atoms with van der Waals surface area (Å²) in [4.78, 5) is 31.3. The third-order valence-corrected chi connectivity index (χ3v) is 6.76. The molecule has 8 heteroatoms. The number of carbonyl (C=O) groups excluding carboxylic acids is 1. The fourth-order valence-corrected chi connectivity index (χ4v) is 5.29. The molecule has 2 aromatic carbocycles. The summed E-state index contributed by atoms with van der Waals surface area (Å²) in [6, 6.07) is 14.5. The first-order chi connectivity index (χ1) is 15.8. The summed E-state index contributed by atoms with van der Waals surface area (Å²) in [5.74, 6) is 0.245. The number of allylic oxidation sites excluding steroid dienone is 1. The van der Waals surface area contributed by atoms with Crippen molar-refractivity contribution in [3.8, 4) is 5.75 Å². The van der Waals surface area contributed by atoms with Crippen molar-refractivity contribution in [1.29, 1.82) is 0 Å². The van der Waals surface area contributed by atoms with E-state index in [4.69, 9.17) is 9.47 Å². The lowest BCUT2D eigenvalue weighted by Gasteiger charge is -2.24. The van der Waals surface area contributed by atoms with Gasteiger partial charge in [-0.15, -0.1) is 0 Å². The number of hydrogen-bond donors (Lipinski definition) is 0. The molecule has 0 aliphatic carbocycles. The van der Waals surface area contributed by atoms with Crippen LogP contribution in [-0.4, -0.2) is 23.8 Å². The summed E-state index contributed by atoms with van der Waals surface area (Å²) in [6.07, 6.45) is 1.88. The quantitative estimate of drug-likeness (QED) is 0.472. The van der Waals surface area contributed by atoms with E-state index in [-0.39, 0.29) is 11.7 Å². The standard InChI is InChI=1S/C25H23BrN2O4S/c1-14(2)32-19-11-10-16(12-18(19)26)13-20-23(29)28-22(17-8-6-5-7-9-17)21(24(30)31-4)15(3)27-25(28)33-20/h5-14,22H,1-4H3. The highest BCUT2D eigenvalue weighted by atomic mass is 79.9. The molecule has 0 radical (unpaired) electrons. The summed E-state index contributed by atoms with van der Waals surface area (Å²) in [7, 11) is 1.33. The first-order valence-corrected chi connectivity index (χ1v) is 12.0. The molecule has 0 saturated heterocycles. The Hall–Kier alpha value is -2.97. The summed E-state index contributed by atoms with van der Waals surface area (Å²) >= 11 is 4.84. The maximum atomic E-state index is 13.5. The van der Waals surface area contributed by atoms with Crippen LogP contribution in [0.2, 0.25) is 0 Å². The average Bonchev–Trinajstić information content (AvgIpc) is 3.09. The Balaban J connectivity index is 1.88. The van der Waals surface area contributed by atoms with Crippen LogP contribution in [-0.2, 0) is 9.53 Å². The maximum absolute atomic E-state index is 13.5. The molecule has 0 bridgehead atoms. The number of nitrogens with zero attached hydrogens (tertiary/aromatic N) is 2. The monoisotopic (exact) mass is 526 g/mol. The molecule has 1 aromatic heterocycles. The topological polar surface area (TPSA) is 69.9 Å². The molecule has 3 aromatic rings. The third-order valence-electron chi connectivity index (χ3n) is 5.16. The smallest absolute Gasteiger partial charge is 0.338 e. The number of thiazole rings is 1. The Bertz CT molecular complexity index is 1420. The number of fused-ring (bicyclic) bond motifs is 1. The molecule has 4 rings (SSSR count). The van der Waals surface area contributed by atoms with E-state index in [0.29, 0.717) is 20.6 Å². The van der Waals surface area contributed by atoms with E-state index >= 15 is 0 Å². The van der Waals surface area contributed by atoms with E-state index < -0.39 is 12.0 Å². The molecule has 1 aliphatic rings. The van der Waals surface area contributed by atoms with Crippen molar-refractivity contribution in [3.63, 3.8) is 0 Å². The highest BCUT2D eigenvalue weighted by Crippen LogP contribution is 2.30. The van der Waals surface area contributed by atoms with Crippen molar-refractivity contribution < 1.29 is 14.3 Å². The fraction of sp³-hybridized carbons (Fsp3) is 0.240. The van der Waals surface area contributed by atoms with Gasteiger partial charge in [0.05, 0.1) is 39.5 Å². The van der Waals surface area contributed by atoms with E-state index in [1.807, 2.05) is 68.5 Å². The van der Waals surface area contributed by atoms with Crippen molar-refractivity contribution in [1.82, 2.24) is 4.57 Å². The van der Waals surface area contributed by atoms with Crippen LogP contribution in [0, 0.1) is 0 Å². The summed E-state index contributed by atoms with van der Waals surface area (Å²) in [6.45, 7) is 5.70. The SMILES string of the molecule is COC(=O)C1=C(C)N=c2sc(=Cc3ccc(OC(C)C)c(Br)c3)c(=O)n2C1c1ccccc1. The zero-order chi connectivity index (χ0) is 23.7. The molecule has 1 unspecified atom stereocenters. The summed E-state index contributed by atoms with van der Waals surface area (Å²) in [5.41, 5.74) is 2.36. The largest absolute Gasteiger partial charge is 0.490 e. The minimum Gasteiger partial charge on any atom is -0.490 e. The molecule has 0 N–H and O–H groups in total. The molecule has 170 valence electrons. The van der Waals surface area contributed by atoms with Crippen LogP contribution in [0.3, 0.4) is 0 Å². The predicted octanol–water partition coefficient (Wildman–Crippen LogP) is 3.96. The lowest BCUT2D eigenvalue weighted by molar-refractivity contribution is -0.136. The van der Waals surface area contributed by atoms with Crippen molar-refractivity contribution in [2.75, 3.05) is 7.11 Å². The van der Waals surface area contributed by atoms with Gasteiger partial charge in [-0.3, -0.25) is 9.36 Å². The average molecular weight is 527 g/mol. The first kappa shape index (κ1) is 23.2. The lowest BCUT2D eigenvalue weighted by atomic mass is 9.96. The normalized spacial score (nSPS) is 15.9. The highest BCUT2D eigenvalue weighted by molar-refractivity contribution is 9.10. The van der Waals surface area contributed by atoms with Crippen molar-refractivity contribution in [3.05, 3.63) is 95.1 Å². The van der Waals surface area contributed by atoms with Crippen LogP contribution in [0.5, 0.6) is 5.75 Å². The first-order valence-electron chi connectivity index (χ1n) is 10.4. The molecule has 1 atom stereocenters. The Labute approximate surface area is 203 Å². The number of methoxy groups -OCH3 is 1. The van der Waals surface area contributed by atoms with Gasteiger partial charge >= 0.3 is 5.97 Å². The van der Waals surface area contributed by atoms with Gasteiger partial charge in [0.2, 0.25) is 0 Å². The number of rotatable bonds is 5. The molecular weight excluding hydrogens is 504 g/mol. The maximum Gasteiger partial charge on any atom is 0.338 e. The lowest BCUT2D eigenvalue weighted by Crippen LogP contribution is -2.39. The molecule has 1 aliphatic heterocycles. The van der Waals surface area contributed by atoms with E-state index in [2.05, 4.69) is 20.9 Å². The van der Waals surface area contributed by atoms with Gasteiger partial charge in [-0.25, -0.2) is 9.79 Å². The van der Waals surface area contributed by atoms with Crippen molar-refractivity contribution >= 4 is 39.3 Å². The van der Waals surface area contributed by atoms with Gasteiger partial charge in [0.25, 0.3) is 5.56 Å². The molecule has 0 saturated carbocycles. The van der Waals surface area contributed by atoms with Gasteiger partial charge in [-0.05, 0) is 66.0 Å². The summed E-state index contributed by atoms with van der Waals surface area (Å²) < 4.78 is 13.7. The number of aromatic nitrogens is 1. The molecule has 6 nitrogen and oxygen atoms in total. The number of ether oxygens (including phenoxy) is 2. The highest BCUT2D eigenvalue weighted by Gasteiger charge is 2.32. The Morgan fingerprint density at radius 1 is 1.21 bits per heavy atom. The van der Waals surface area contributed by atoms with E-state index in [1.54, 1.807) is 11.5 Å². The molecule has 33 heavy (non-hydrogen) atoms. The second-order valence-electron chi connectivity index (χ2n) is 7.84. The number of benzene rings is 2. The van der Waals surface area contributed by atoms with Gasteiger partial charge in [0.15, 0.2) is 4.80 Å². The van der Waals surface area contributed by atoms with E-state index in [1.165, 1.54) is 18.4 Å². The van der Waals surface area contributed by atoms with Crippen LogP contribution < -0.4 is 19.6 Å². The minimum atomic E-state index is -0.606. The zero-order valence-electron chi connectivity index (χ0n) is 18.7. The Morgan fingerprint density at radius 3 is 2.58 bits per heavy atom. The van der Waals surface area contributed by atoms with Gasteiger partial charge in [-0.1, -0.05) is 47.7 Å². The molecular formula is C25H23BrN2O4S. The third kappa shape index (κ3) is 4.58. The molecule has 2 heterocycles. The second kappa shape index (κ2) is 9.49. The van der Waals surface area contributed by atoms with Crippen LogP contribution in [0.4, 0.5) is 0 Å². The van der Waals surface area contributed by atoms with Gasteiger partial charge in [0.1, 0.15) is 5.75 Å². The van der Waals surface area contributed by atoms with Crippen molar-refractivity contribution in [2.24, 2.45) is 4.99 Å². The summed E-state index contributed by atoms with van der Waals surface area (Å²) in [5, 5.41) is 0. The van der Waals surface area contributed by atoms with Gasteiger partial charge in [-0.2, -0.15) is 0 Å². The van der Waals surface area contributed by atoms with E-state index in [9.17, 15) is 9.59 Å². The van der Waals surface area contributed by atoms with Crippen LogP contribution in [0.25, 0.3) is 6.08 Å². The van der Waals surface area contributed by atoms with Crippen LogP contribution >= 0.6 is 27.3 Å². The Morgan fingerprint density at radius 2 is 1.94 bits per heavy atom. The minimum absolute atomic E-state index is 0.0565. The Kier molecular flexibility index (Phi) is 6.67. The zero-order valence-corrected chi connectivity index (χ0v) is 21.1. The second-order valence-corrected chi connectivity index (χ2v) is 9.70. The van der Waals surface area contributed by atoms with Crippen LogP contribution in [0.15, 0.2) is 74.1 Å². The number of esters is 1. The van der Waals surface area contributed by atoms with E-state index in [0.717, 1.165) is 21.3 Å². The number of carbonyl (C=O) groups is 1. The molecule has 0 amide bonds. The number of hydrogen-bond acceptors (Lipinski definition) is 6. The molecule has 0 fully saturated rings. The van der Waals surface area contributed by atoms with Gasteiger partial charge < -0.3 is 9.47 Å².